The molecule has 1 unspecified atom stereocenters. The van der Waals surface area contributed by atoms with Crippen LogP contribution in [-0.4, -0.2) is 28.7 Å². The van der Waals surface area contributed by atoms with Crippen molar-refractivity contribution in [2.45, 2.75) is 72.4 Å². The van der Waals surface area contributed by atoms with Gasteiger partial charge in [0.25, 0.3) is 0 Å². The van der Waals surface area contributed by atoms with Gasteiger partial charge in [0.05, 0.1) is 11.0 Å². The largest absolute Gasteiger partial charge is 0.481 e. The lowest BCUT2D eigenvalue weighted by molar-refractivity contribution is -0.150. The maximum Gasteiger partial charge on any atom is 0.315 e. The van der Waals surface area contributed by atoms with Crippen LogP contribution in [0.15, 0.2) is 0 Å². The standard InChI is InChI=1S/C15H28N2O3/c1-13(2)8-7-10(9-13)16-12(20)17-15(5,6)14(3,4)11(18)19/h10H,7-9H2,1-6H3,(H,18,19)(H2,16,17,20). The molecule has 0 aliphatic heterocycles. The average molecular weight is 284 g/mol. The molecule has 0 saturated heterocycles. The lowest BCUT2D eigenvalue weighted by Crippen LogP contribution is -2.59. The zero-order valence-electron chi connectivity index (χ0n) is 13.5. The summed E-state index contributed by atoms with van der Waals surface area (Å²) in [6.45, 7) is 11.1. The van der Waals surface area contributed by atoms with E-state index in [1.54, 1.807) is 27.7 Å². The fourth-order valence-corrected chi connectivity index (χ4v) is 2.49. The lowest BCUT2D eigenvalue weighted by Gasteiger charge is -2.39. The molecule has 1 aliphatic rings. The summed E-state index contributed by atoms with van der Waals surface area (Å²) >= 11 is 0. The van der Waals surface area contributed by atoms with Gasteiger partial charge in [-0.3, -0.25) is 4.79 Å². The fourth-order valence-electron chi connectivity index (χ4n) is 2.49. The van der Waals surface area contributed by atoms with Crippen LogP contribution in [-0.2, 0) is 4.79 Å². The molecule has 2 amide bonds. The van der Waals surface area contributed by atoms with Crippen LogP contribution in [0.2, 0.25) is 0 Å². The third-order valence-corrected chi connectivity index (χ3v) is 4.83. The minimum atomic E-state index is -1.04. The fraction of sp³-hybridized carbons (Fsp3) is 0.867. The van der Waals surface area contributed by atoms with Gasteiger partial charge in [-0.15, -0.1) is 0 Å². The molecule has 1 saturated carbocycles. The highest BCUT2D eigenvalue weighted by Gasteiger charge is 2.44. The van der Waals surface area contributed by atoms with E-state index in [4.69, 9.17) is 0 Å². The molecular formula is C15H28N2O3. The zero-order valence-corrected chi connectivity index (χ0v) is 13.5. The molecule has 0 heterocycles. The van der Waals surface area contributed by atoms with Gasteiger partial charge in [-0.05, 0) is 52.4 Å². The van der Waals surface area contributed by atoms with Crippen LogP contribution in [0.1, 0.15) is 60.8 Å². The molecule has 5 nitrogen and oxygen atoms in total. The van der Waals surface area contributed by atoms with Crippen molar-refractivity contribution in [2.24, 2.45) is 10.8 Å². The van der Waals surface area contributed by atoms with Crippen molar-refractivity contribution in [3.05, 3.63) is 0 Å². The second-order valence-electron chi connectivity index (χ2n) is 7.76. The van der Waals surface area contributed by atoms with E-state index in [0.717, 1.165) is 19.3 Å². The number of carboxylic acids is 1. The van der Waals surface area contributed by atoms with Crippen molar-refractivity contribution in [1.29, 1.82) is 0 Å². The highest BCUT2D eigenvalue weighted by Crippen LogP contribution is 2.37. The Kier molecular flexibility index (Phi) is 4.42. The van der Waals surface area contributed by atoms with Crippen molar-refractivity contribution in [1.82, 2.24) is 10.6 Å². The van der Waals surface area contributed by atoms with E-state index in [-0.39, 0.29) is 17.5 Å². The van der Waals surface area contributed by atoms with Crippen molar-refractivity contribution in [3.63, 3.8) is 0 Å². The molecule has 1 rings (SSSR count). The first-order chi connectivity index (χ1) is 8.87. The summed E-state index contributed by atoms with van der Waals surface area (Å²) in [6, 6.07) is -0.110. The number of carbonyl (C=O) groups excluding carboxylic acids is 1. The van der Waals surface area contributed by atoms with Gasteiger partial charge in [0.1, 0.15) is 0 Å². The lowest BCUT2D eigenvalue weighted by atomic mass is 9.74. The second kappa shape index (κ2) is 5.26. The van der Waals surface area contributed by atoms with Gasteiger partial charge in [-0.1, -0.05) is 13.8 Å². The number of hydrogen-bond donors (Lipinski definition) is 3. The first-order valence-corrected chi connectivity index (χ1v) is 7.19. The summed E-state index contributed by atoms with van der Waals surface area (Å²) in [5.41, 5.74) is -1.61. The summed E-state index contributed by atoms with van der Waals surface area (Å²) in [7, 11) is 0. The van der Waals surface area contributed by atoms with Crippen LogP contribution < -0.4 is 10.6 Å². The summed E-state index contributed by atoms with van der Waals surface area (Å²) in [4.78, 5) is 23.4. The number of rotatable bonds is 4. The van der Waals surface area contributed by atoms with Crippen molar-refractivity contribution < 1.29 is 14.7 Å². The molecule has 0 radical (unpaired) electrons. The topological polar surface area (TPSA) is 78.4 Å². The van der Waals surface area contributed by atoms with Crippen LogP contribution in [0.4, 0.5) is 4.79 Å². The monoisotopic (exact) mass is 284 g/mol. The quantitative estimate of drug-likeness (QED) is 0.742. The Hall–Kier alpha value is -1.26. The van der Waals surface area contributed by atoms with Crippen LogP contribution in [0.3, 0.4) is 0 Å². The molecule has 3 N–H and O–H groups in total. The first kappa shape index (κ1) is 16.8. The van der Waals surface area contributed by atoms with Crippen LogP contribution in [0.25, 0.3) is 0 Å². The van der Waals surface area contributed by atoms with E-state index in [1.165, 1.54) is 0 Å². The number of hydrogen-bond acceptors (Lipinski definition) is 2. The molecule has 1 atom stereocenters. The Bertz CT molecular complexity index is 400. The Morgan fingerprint density at radius 1 is 1.20 bits per heavy atom. The van der Waals surface area contributed by atoms with Gasteiger partial charge >= 0.3 is 12.0 Å². The van der Waals surface area contributed by atoms with Gasteiger partial charge in [0.2, 0.25) is 0 Å². The summed E-state index contributed by atoms with van der Waals surface area (Å²) < 4.78 is 0. The van der Waals surface area contributed by atoms with Crippen LogP contribution >= 0.6 is 0 Å². The number of urea groups is 1. The molecule has 0 spiro atoms. The summed E-state index contributed by atoms with van der Waals surface area (Å²) in [6.07, 6.45) is 3.04. The van der Waals surface area contributed by atoms with Crippen molar-refractivity contribution >= 4 is 12.0 Å². The normalized spacial score (nSPS) is 22.4. The van der Waals surface area contributed by atoms with Gasteiger partial charge in [-0.2, -0.15) is 0 Å². The van der Waals surface area contributed by atoms with Gasteiger partial charge < -0.3 is 15.7 Å². The Balaban J connectivity index is 2.60. The van der Waals surface area contributed by atoms with Gasteiger partial charge in [0, 0.05) is 6.04 Å². The van der Waals surface area contributed by atoms with E-state index in [9.17, 15) is 14.7 Å². The maximum atomic E-state index is 12.1. The predicted molar refractivity (Wildman–Crippen MR) is 78.6 cm³/mol. The number of carbonyl (C=O) groups is 2. The molecule has 0 bridgehead atoms. The Morgan fingerprint density at radius 2 is 1.75 bits per heavy atom. The Morgan fingerprint density at radius 3 is 2.15 bits per heavy atom. The van der Waals surface area contributed by atoms with E-state index in [2.05, 4.69) is 24.5 Å². The highest BCUT2D eigenvalue weighted by molar-refractivity contribution is 5.79. The smallest absolute Gasteiger partial charge is 0.315 e. The molecule has 5 heteroatoms. The SMILES string of the molecule is CC1(C)CCC(NC(=O)NC(C)(C)C(C)(C)C(=O)O)C1. The minimum Gasteiger partial charge on any atom is -0.481 e. The molecule has 0 aromatic carbocycles. The first-order valence-electron chi connectivity index (χ1n) is 7.19. The van der Waals surface area contributed by atoms with E-state index < -0.39 is 16.9 Å². The molecule has 1 fully saturated rings. The minimum absolute atomic E-state index is 0.175. The molecule has 116 valence electrons. The van der Waals surface area contributed by atoms with Crippen molar-refractivity contribution in [2.75, 3.05) is 0 Å². The summed E-state index contributed by atoms with van der Waals surface area (Å²) in [5, 5.41) is 15.0. The Labute approximate surface area is 121 Å². The van der Waals surface area contributed by atoms with E-state index >= 15 is 0 Å². The van der Waals surface area contributed by atoms with Gasteiger partial charge in [-0.25, -0.2) is 4.79 Å². The number of amides is 2. The third kappa shape index (κ3) is 3.64. The van der Waals surface area contributed by atoms with Crippen molar-refractivity contribution in [3.8, 4) is 0 Å². The molecule has 20 heavy (non-hydrogen) atoms. The molecule has 0 aromatic rings. The number of nitrogens with one attached hydrogen (secondary N) is 2. The highest BCUT2D eigenvalue weighted by atomic mass is 16.4. The van der Waals surface area contributed by atoms with Gasteiger partial charge in [0.15, 0.2) is 0 Å². The van der Waals surface area contributed by atoms with Crippen LogP contribution in [0.5, 0.6) is 0 Å². The molecule has 1 aliphatic carbocycles. The zero-order chi connectivity index (χ0) is 15.8. The number of carboxylic acid groups (broad SMARTS) is 1. The van der Waals surface area contributed by atoms with Crippen LogP contribution in [0, 0.1) is 10.8 Å². The molecule has 0 aromatic heterocycles. The third-order valence-electron chi connectivity index (χ3n) is 4.83. The predicted octanol–water partition coefficient (Wildman–Crippen LogP) is 2.75. The summed E-state index contributed by atoms with van der Waals surface area (Å²) in [5.74, 6) is -0.926. The molecular weight excluding hydrogens is 256 g/mol. The van der Waals surface area contributed by atoms with E-state index in [1.807, 2.05) is 0 Å². The second-order valence-corrected chi connectivity index (χ2v) is 7.76. The maximum absolute atomic E-state index is 12.1. The van der Waals surface area contributed by atoms with E-state index in [0.29, 0.717) is 0 Å². The average Bonchev–Trinajstić information content (AvgIpc) is 2.56. The number of aliphatic carboxylic acids is 1.